The predicted octanol–water partition coefficient (Wildman–Crippen LogP) is 3.10. The molecule has 0 atom stereocenters. The van der Waals surface area contributed by atoms with E-state index in [9.17, 15) is 0 Å². The Morgan fingerprint density at radius 3 is 2.84 bits per heavy atom. The molecule has 25 heavy (non-hydrogen) atoms. The molecule has 0 aliphatic heterocycles. The molecule has 0 amide bonds. The van der Waals surface area contributed by atoms with Crippen molar-refractivity contribution in [2.24, 2.45) is 10.8 Å². The fourth-order valence-corrected chi connectivity index (χ4v) is 2.86. The molecule has 0 saturated carbocycles. The molecule has 0 radical (unpaired) electrons. The van der Waals surface area contributed by atoms with Crippen LogP contribution in [0.5, 0.6) is 0 Å². The number of hydrogen-bond acceptors (Lipinski definition) is 7. The molecule has 0 bridgehead atoms. The Bertz CT molecular complexity index is 970. The standard InChI is InChI=1S/C17H13N7S/c18-8-14(16(19)20)24-23-13-5-1-3-11(7-13)15-10-25-17(22-15)12-4-2-6-21-9-12/h1-7,9-10,23H,(H3,19,20)/b24-14+. The Morgan fingerprint density at radius 1 is 1.28 bits per heavy atom. The summed E-state index contributed by atoms with van der Waals surface area (Å²) >= 11 is 1.54. The van der Waals surface area contributed by atoms with Gasteiger partial charge in [0, 0.05) is 28.9 Å². The van der Waals surface area contributed by atoms with E-state index in [1.807, 2.05) is 35.7 Å². The summed E-state index contributed by atoms with van der Waals surface area (Å²) in [6.45, 7) is 0. The lowest BCUT2D eigenvalue weighted by Gasteiger charge is -2.03. The summed E-state index contributed by atoms with van der Waals surface area (Å²) in [6, 6.07) is 13.1. The second-order valence-electron chi connectivity index (χ2n) is 4.96. The molecule has 0 aliphatic rings. The van der Waals surface area contributed by atoms with Gasteiger partial charge in [0.1, 0.15) is 11.1 Å². The molecule has 122 valence electrons. The van der Waals surface area contributed by atoms with Gasteiger partial charge >= 0.3 is 0 Å². The van der Waals surface area contributed by atoms with Crippen LogP contribution < -0.4 is 11.2 Å². The number of hydrogen-bond donors (Lipinski definition) is 3. The number of hydrazone groups is 1. The summed E-state index contributed by atoms with van der Waals surface area (Å²) in [5.41, 5.74) is 11.2. The molecule has 2 aromatic heterocycles. The molecule has 0 fully saturated rings. The van der Waals surface area contributed by atoms with Gasteiger partial charge in [-0.2, -0.15) is 10.4 Å². The van der Waals surface area contributed by atoms with E-state index < -0.39 is 0 Å². The summed E-state index contributed by atoms with van der Waals surface area (Å²) in [6.07, 6.45) is 3.50. The zero-order valence-corrected chi connectivity index (χ0v) is 13.8. The molecule has 3 rings (SSSR count). The summed E-state index contributed by atoms with van der Waals surface area (Å²) in [5.74, 6) is -0.383. The van der Waals surface area contributed by atoms with E-state index in [0.717, 1.165) is 21.8 Å². The summed E-state index contributed by atoms with van der Waals surface area (Å²) in [4.78, 5) is 8.75. The third kappa shape index (κ3) is 3.85. The highest BCUT2D eigenvalue weighted by Crippen LogP contribution is 2.29. The van der Waals surface area contributed by atoms with Crippen molar-refractivity contribution in [2.75, 3.05) is 5.43 Å². The molecule has 0 spiro atoms. The molecule has 3 aromatic rings. The summed E-state index contributed by atoms with van der Waals surface area (Å²) < 4.78 is 0. The molecular formula is C17H13N7S. The van der Waals surface area contributed by atoms with Crippen LogP contribution in [0.25, 0.3) is 21.8 Å². The quantitative estimate of drug-likeness (QED) is 0.372. The summed E-state index contributed by atoms with van der Waals surface area (Å²) in [7, 11) is 0. The van der Waals surface area contributed by atoms with Crippen molar-refractivity contribution in [3.05, 3.63) is 54.2 Å². The number of thiazole rings is 1. The number of aromatic nitrogens is 2. The van der Waals surface area contributed by atoms with Crippen LogP contribution in [0.4, 0.5) is 5.69 Å². The first-order valence-corrected chi connectivity index (χ1v) is 8.10. The third-order valence-electron chi connectivity index (χ3n) is 3.23. The van der Waals surface area contributed by atoms with E-state index in [1.54, 1.807) is 35.9 Å². The first-order chi connectivity index (χ1) is 12.2. The normalized spacial score (nSPS) is 10.9. The fourth-order valence-electron chi connectivity index (χ4n) is 2.04. The number of nitrogens with two attached hydrogens (primary N) is 1. The predicted molar refractivity (Wildman–Crippen MR) is 99.4 cm³/mol. The average molecular weight is 347 g/mol. The molecular weight excluding hydrogens is 334 g/mol. The number of benzene rings is 1. The molecule has 0 unspecified atom stereocenters. The van der Waals surface area contributed by atoms with Crippen LogP contribution in [0.3, 0.4) is 0 Å². The smallest absolute Gasteiger partial charge is 0.201 e. The van der Waals surface area contributed by atoms with Crippen LogP contribution in [-0.2, 0) is 0 Å². The van der Waals surface area contributed by atoms with Crippen LogP contribution in [0.15, 0.2) is 59.3 Å². The lowest BCUT2D eigenvalue weighted by atomic mass is 10.1. The third-order valence-corrected chi connectivity index (χ3v) is 4.12. The molecule has 8 heteroatoms. The first-order valence-electron chi connectivity index (χ1n) is 7.22. The fraction of sp³-hybridized carbons (Fsp3) is 0. The van der Waals surface area contributed by atoms with E-state index in [-0.39, 0.29) is 11.5 Å². The molecule has 4 N–H and O–H groups in total. The molecule has 7 nitrogen and oxygen atoms in total. The highest BCUT2D eigenvalue weighted by atomic mass is 32.1. The number of pyridine rings is 1. The molecule has 2 heterocycles. The largest absolute Gasteiger partial charge is 0.382 e. The minimum atomic E-state index is -0.383. The summed E-state index contributed by atoms with van der Waals surface area (Å²) in [5, 5.41) is 22.8. The van der Waals surface area contributed by atoms with Crippen molar-refractivity contribution in [2.45, 2.75) is 0 Å². The van der Waals surface area contributed by atoms with Crippen molar-refractivity contribution < 1.29 is 0 Å². The lowest BCUT2D eigenvalue weighted by Crippen LogP contribution is -2.21. The Morgan fingerprint density at radius 2 is 2.12 bits per heavy atom. The zero-order chi connectivity index (χ0) is 17.6. The van der Waals surface area contributed by atoms with Gasteiger partial charge in [-0.05, 0) is 24.3 Å². The second kappa shape index (κ2) is 7.33. The van der Waals surface area contributed by atoms with Crippen LogP contribution in [-0.4, -0.2) is 21.5 Å². The lowest BCUT2D eigenvalue weighted by molar-refractivity contribution is 1.31. The van der Waals surface area contributed by atoms with Gasteiger partial charge in [0.2, 0.25) is 5.71 Å². The number of amidine groups is 1. The first kappa shape index (κ1) is 16.3. The van der Waals surface area contributed by atoms with Gasteiger partial charge in [-0.1, -0.05) is 12.1 Å². The van der Waals surface area contributed by atoms with Gasteiger partial charge in [-0.25, -0.2) is 4.98 Å². The van der Waals surface area contributed by atoms with Crippen molar-refractivity contribution in [1.82, 2.24) is 9.97 Å². The number of nitrogens with zero attached hydrogens (tertiary/aromatic N) is 4. The van der Waals surface area contributed by atoms with Gasteiger partial charge in [0.15, 0.2) is 5.84 Å². The average Bonchev–Trinajstić information content (AvgIpc) is 3.13. The Kier molecular flexibility index (Phi) is 4.78. The van der Waals surface area contributed by atoms with E-state index >= 15 is 0 Å². The second-order valence-corrected chi connectivity index (χ2v) is 5.82. The maximum absolute atomic E-state index is 8.86. The number of nitriles is 1. The molecule has 0 aliphatic carbocycles. The topological polar surface area (TPSA) is 124 Å². The van der Waals surface area contributed by atoms with E-state index in [0.29, 0.717) is 5.69 Å². The van der Waals surface area contributed by atoms with Gasteiger partial charge in [0.05, 0.1) is 11.4 Å². The SMILES string of the molecule is N#C/C(=N\Nc1cccc(-c2csc(-c3cccnc3)n2)c1)C(=N)N. The number of rotatable bonds is 5. The van der Waals surface area contributed by atoms with Crippen LogP contribution in [0.1, 0.15) is 0 Å². The van der Waals surface area contributed by atoms with Gasteiger partial charge in [0.25, 0.3) is 0 Å². The monoisotopic (exact) mass is 347 g/mol. The van der Waals surface area contributed by atoms with Crippen LogP contribution in [0, 0.1) is 16.7 Å². The number of nitrogens with one attached hydrogen (secondary N) is 2. The van der Waals surface area contributed by atoms with E-state index in [4.69, 9.17) is 16.4 Å². The van der Waals surface area contributed by atoms with Gasteiger partial charge in [-0.15, -0.1) is 11.3 Å². The molecule has 0 saturated heterocycles. The van der Waals surface area contributed by atoms with Crippen LogP contribution in [0.2, 0.25) is 0 Å². The maximum atomic E-state index is 8.86. The Labute approximate surface area is 148 Å². The van der Waals surface area contributed by atoms with E-state index in [1.165, 1.54) is 0 Å². The highest BCUT2D eigenvalue weighted by Gasteiger charge is 2.07. The van der Waals surface area contributed by atoms with E-state index in [2.05, 4.69) is 20.5 Å². The van der Waals surface area contributed by atoms with Gasteiger partial charge < -0.3 is 5.73 Å². The maximum Gasteiger partial charge on any atom is 0.201 e. The minimum Gasteiger partial charge on any atom is -0.382 e. The molecule has 1 aromatic carbocycles. The Balaban J connectivity index is 1.84. The van der Waals surface area contributed by atoms with Crippen molar-refractivity contribution in [3.8, 4) is 27.9 Å². The highest BCUT2D eigenvalue weighted by molar-refractivity contribution is 7.13. The van der Waals surface area contributed by atoms with Crippen molar-refractivity contribution in [3.63, 3.8) is 0 Å². The number of anilines is 1. The van der Waals surface area contributed by atoms with Gasteiger partial charge in [-0.3, -0.25) is 15.8 Å². The van der Waals surface area contributed by atoms with Crippen LogP contribution >= 0.6 is 11.3 Å². The van der Waals surface area contributed by atoms with Crippen molar-refractivity contribution >= 4 is 28.6 Å². The van der Waals surface area contributed by atoms with Crippen molar-refractivity contribution in [1.29, 1.82) is 10.7 Å². The zero-order valence-electron chi connectivity index (χ0n) is 13.0. The minimum absolute atomic E-state index is 0.169. The Hall–Kier alpha value is -3.57.